The molecule has 0 radical (unpaired) electrons. The molecule has 0 unspecified atom stereocenters. The summed E-state index contributed by atoms with van der Waals surface area (Å²) < 4.78 is 5.07. The molecule has 3 heterocycles. The van der Waals surface area contributed by atoms with Gasteiger partial charge >= 0.3 is 0 Å². The molecule has 1 atom stereocenters. The van der Waals surface area contributed by atoms with Gasteiger partial charge in [-0.3, -0.25) is 0 Å². The SMILES string of the molecule is Cc1ccc(N2CCC[C@H](c3noc(C)n3)C2)nn1. The summed E-state index contributed by atoms with van der Waals surface area (Å²) in [5.41, 5.74) is 0.936. The van der Waals surface area contributed by atoms with Gasteiger partial charge in [-0.1, -0.05) is 5.16 Å². The smallest absolute Gasteiger partial charge is 0.223 e. The van der Waals surface area contributed by atoms with Crippen LogP contribution in [0.5, 0.6) is 0 Å². The second-order valence-electron chi connectivity index (χ2n) is 4.99. The average molecular weight is 259 g/mol. The first-order valence-electron chi connectivity index (χ1n) is 6.58. The summed E-state index contributed by atoms with van der Waals surface area (Å²) in [5, 5.41) is 12.4. The number of aromatic nitrogens is 4. The maximum Gasteiger partial charge on any atom is 0.223 e. The number of rotatable bonds is 2. The highest BCUT2D eigenvalue weighted by Crippen LogP contribution is 2.27. The summed E-state index contributed by atoms with van der Waals surface area (Å²) >= 11 is 0. The Morgan fingerprint density at radius 3 is 2.84 bits per heavy atom. The number of hydrogen-bond acceptors (Lipinski definition) is 6. The molecule has 1 aliphatic heterocycles. The first-order valence-corrected chi connectivity index (χ1v) is 6.58. The molecule has 0 saturated carbocycles. The molecule has 2 aromatic heterocycles. The van der Waals surface area contributed by atoms with Crippen LogP contribution in [0.2, 0.25) is 0 Å². The van der Waals surface area contributed by atoms with E-state index in [9.17, 15) is 0 Å². The van der Waals surface area contributed by atoms with Crippen molar-refractivity contribution in [3.63, 3.8) is 0 Å². The molecule has 6 nitrogen and oxygen atoms in total. The fraction of sp³-hybridized carbons (Fsp3) is 0.538. The molecule has 2 aromatic rings. The summed E-state index contributed by atoms with van der Waals surface area (Å²) in [7, 11) is 0. The van der Waals surface area contributed by atoms with Gasteiger partial charge in [-0.05, 0) is 31.9 Å². The number of aryl methyl sites for hydroxylation is 2. The van der Waals surface area contributed by atoms with Crippen LogP contribution < -0.4 is 4.90 Å². The van der Waals surface area contributed by atoms with Gasteiger partial charge < -0.3 is 9.42 Å². The minimum Gasteiger partial charge on any atom is -0.354 e. The Hall–Kier alpha value is -1.98. The highest BCUT2D eigenvalue weighted by atomic mass is 16.5. The van der Waals surface area contributed by atoms with Crippen LogP contribution in [0.3, 0.4) is 0 Å². The summed E-state index contributed by atoms with van der Waals surface area (Å²) in [6.45, 7) is 5.64. The molecule has 6 heteroatoms. The van der Waals surface area contributed by atoms with Crippen LogP contribution in [-0.4, -0.2) is 33.4 Å². The van der Waals surface area contributed by atoms with Crippen molar-refractivity contribution in [3.8, 4) is 0 Å². The third kappa shape index (κ3) is 2.57. The van der Waals surface area contributed by atoms with Crippen molar-refractivity contribution in [1.29, 1.82) is 0 Å². The van der Waals surface area contributed by atoms with Crippen LogP contribution in [0, 0.1) is 13.8 Å². The number of nitrogens with zero attached hydrogens (tertiary/aromatic N) is 5. The molecule has 0 bridgehead atoms. The second kappa shape index (κ2) is 4.95. The van der Waals surface area contributed by atoms with Gasteiger partial charge in [-0.25, -0.2) is 0 Å². The summed E-state index contributed by atoms with van der Waals surface area (Å²) in [6, 6.07) is 4.01. The van der Waals surface area contributed by atoms with E-state index in [2.05, 4.69) is 25.2 Å². The van der Waals surface area contributed by atoms with E-state index in [1.54, 1.807) is 0 Å². The average Bonchev–Trinajstić information content (AvgIpc) is 2.86. The zero-order valence-electron chi connectivity index (χ0n) is 11.2. The molecule has 1 aliphatic rings. The third-order valence-electron chi connectivity index (χ3n) is 3.44. The Morgan fingerprint density at radius 2 is 2.16 bits per heavy atom. The van der Waals surface area contributed by atoms with E-state index in [4.69, 9.17) is 4.52 Å². The highest BCUT2D eigenvalue weighted by molar-refractivity contribution is 5.38. The maximum atomic E-state index is 5.07. The molecule has 0 aliphatic carbocycles. The lowest BCUT2D eigenvalue weighted by molar-refractivity contribution is 0.376. The molecular weight excluding hydrogens is 242 g/mol. The third-order valence-corrected chi connectivity index (χ3v) is 3.44. The Bertz CT molecular complexity index is 550. The van der Waals surface area contributed by atoms with Crippen LogP contribution in [0.25, 0.3) is 0 Å². The Kier molecular flexibility index (Phi) is 3.15. The number of piperidine rings is 1. The van der Waals surface area contributed by atoms with E-state index < -0.39 is 0 Å². The standard InChI is InChI=1S/C13H17N5O/c1-9-5-6-12(16-15-9)18-7-3-4-11(8-18)13-14-10(2)19-17-13/h5-6,11H,3-4,7-8H2,1-2H3/t11-/m0/s1. The monoisotopic (exact) mass is 259 g/mol. The van der Waals surface area contributed by atoms with Crippen molar-refractivity contribution < 1.29 is 4.52 Å². The Morgan fingerprint density at radius 1 is 1.26 bits per heavy atom. The topological polar surface area (TPSA) is 67.9 Å². The fourth-order valence-electron chi connectivity index (χ4n) is 2.44. The summed E-state index contributed by atoms with van der Waals surface area (Å²) in [4.78, 5) is 6.58. The lowest BCUT2D eigenvalue weighted by Gasteiger charge is -2.31. The predicted octanol–water partition coefficient (Wildman–Crippen LogP) is 1.86. The maximum absolute atomic E-state index is 5.07. The summed E-state index contributed by atoms with van der Waals surface area (Å²) in [6.07, 6.45) is 2.20. The van der Waals surface area contributed by atoms with Gasteiger partial charge in [0.15, 0.2) is 11.6 Å². The first kappa shape index (κ1) is 12.1. The lowest BCUT2D eigenvalue weighted by Crippen LogP contribution is -2.35. The Labute approximate surface area is 111 Å². The molecule has 1 saturated heterocycles. The summed E-state index contributed by atoms with van der Waals surface area (Å²) in [5.74, 6) is 2.68. The van der Waals surface area contributed by atoms with Gasteiger partial charge in [0.2, 0.25) is 5.89 Å². The van der Waals surface area contributed by atoms with Crippen molar-refractivity contribution in [3.05, 3.63) is 29.5 Å². The highest BCUT2D eigenvalue weighted by Gasteiger charge is 2.25. The molecule has 0 amide bonds. The second-order valence-corrected chi connectivity index (χ2v) is 4.99. The lowest BCUT2D eigenvalue weighted by atomic mass is 9.97. The van der Waals surface area contributed by atoms with E-state index in [0.717, 1.165) is 43.3 Å². The minimum atomic E-state index is 0.314. The van der Waals surface area contributed by atoms with Gasteiger partial charge in [0, 0.05) is 25.9 Å². The molecule has 100 valence electrons. The molecule has 0 aromatic carbocycles. The van der Waals surface area contributed by atoms with Crippen LogP contribution in [0.4, 0.5) is 5.82 Å². The molecule has 1 fully saturated rings. The normalized spacial score (nSPS) is 19.7. The van der Waals surface area contributed by atoms with E-state index in [1.165, 1.54) is 0 Å². The van der Waals surface area contributed by atoms with Gasteiger partial charge in [0.25, 0.3) is 0 Å². The molecule has 19 heavy (non-hydrogen) atoms. The van der Waals surface area contributed by atoms with Crippen molar-refractivity contribution in [1.82, 2.24) is 20.3 Å². The molecule has 0 spiro atoms. The van der Waals surface area contributed by atoms with Crippen molar-refractivity contribution in [2.45, 2.75) is 32.6 Å². The van der Waals surface area contributed by atoms with Gasteiger partial charge in [0.1, 0.15) is 0 Å². The molecule has 0 N–H and O–H groups in total. The van der Waals surface area contributed by atoms with Crippen LogP contribution >= 0.6 is 0 Å². The van der Waals surface area contributed by atoms with Crippen molar-refractivity contribution >= 4 is 5.82 Å². The largest absolute Gasteiger partial charge is 0.354 e. The van der Waals surface area contributed by atoms with Crippen molar-refractivity contribution in [2.24, 2.45) is 0 Å². The van der Waals surface area contributed by atoms with Gasteiger partial charge in [-0.15, -0.1) is 5.10 Å². The van der Waals surface area contributed by atoms with E-state index >= 15 is 0 Å². The zero-order chi connectivity index (χ0) is 13.2. The minimum absolute atomic E-state index is 0.314. The van der Waals surface area contributed by atoms with Crippen LogP contribution in [0.1, 0.15) is 36.2 Å². The predicted molar refractivity (Wildman–Crippen MR) is 70.0 cm³/mol. The van der Waals surface area contributed by atoms with Gasteiger partial charge in [0.05, 0.1) is 5.69 Å². The van der Waals surface area contributed by atoms with E-state index in [-0.39, 0.29) is 0 Å². The zero-order valence-corrected chi connectivity index (χ0v) is 11.2. The van der Waals surface area contributed by atoms with Gasteiger partial charge in [-0.2, -0.15) is 10.1 Å². The van der Waals surface area contributed by atoms with Crippen LogP contribution in [-0.2, 0) is 0 Å². The molecule has 3 rings (SSSR count). The van der Waals surface area contributed by atoms with Crippen LogP contribution in [0.15, 0.2) is 16.7 Å². The first-order chi connectivity index (χ1) is 9.22. The quantitative estimate of drug-likeness (QED) is 0.820. The number of anilines is 1. The molecular formula is C13H17N5O. The fourth-order valence-corrected chi connectivity index (χ4v) is 2.44. The van der Waals surface area contributed by atoms with Crippen molar-refractivity contribution in [2.75, 3.05) is 18.0 Å². The number of hydrogen-bond donors (Lipinski definition) is 0. The Balaban J connectivity index is 1.76. The van der Waals surface area contributed by atoms with E-state index in [1.807, 2.05) is 26.0 Å². The van der Waals surface area contributed by atoms with E-state index in [0.29, 0.717) is 11.8 Å².